The molecule has 0 radical (unpaired) electrons. The van der Waals surface area contributed by atoms with Gasteiger partial charge in [-0.05, 0) is 31.2 Å². The van der Waals surface area contributed by atoms with E-state index in [2.05, 4.69) is 4.98 Å². The lowest BCUT2D eigenvalue weighted by atomic mass is 10.1. The molecular weight excluding hydrogens is 266 g/mol. The van der Waals surface area contributed by atoms with Gasteiger partial charge in [0.1, 0.15) is 0 Å². The fourth-order valence-corrected chi connectivity index (χ4v) is 2.38. The van der Waals surface area contributed by atoms with Crippen LogP contribution in [0.1, 0.15) is 22.8 Å². The lowest BCUT2D eigenvalue weighted by molar-refractivity contribution is 0.0752. The van der Waals surface area contributed by atoms with Gasteiger partial charge in [0.15, 0.2) is 0 Å². The van der Waals surface area contributed by atoms with Crippen molar-refractivity contribution in [2.24, 2.45) is 7.05 Å². The monoisotopic (exact) mass is 283 g/mol. The molecule has 0 atom stereocenters. The maximum absolute atomic E-state index is 12.6. The second kappa shape index (κ2) is 5.44. The first-order chi connectivity index (χ1) is 10.2. The molecule has 5 nitrogen and oxygen atoms in total. The predicted molar refractivity (Wildman–Crippen MR) is 79.8 cm³/mol. The second-order valence-corrected chi connectivity index (χ2v) is 5.01. The van der Waals surface area contributed by atoms with Gasteiger partial charge >= 0.3 is 0 Å². The summed E-state index contributed by atoms with van der Waals surface area (Å²) in [7, 11) is 1.94. The van der Waals surface area contributed by atoms with E-state index in [1.807, 2.05) is 42.8 Å². The fourth-order valence-electron chi connectivity index (χ4n) is 2.38. The van der Waals surface area contributed by atoms with E-state index in [1.165, 1.54) is 0 Å². The first kappa shape index (κ1) is 13.4. The average molecular weight is 283 g/mol. The molecule has 0 aliphatic rings. The molecule has 2 aromatic heterocycles. The normalized spacial score (nSPS) is 11.0. The number of nitrogens with zero attached hydrogens (tertiary/aromatic N) is 3. The van der Waals surface area contributed by atoms with Crippen LogP contribution < -0.4 is 0 Å². The molecule has 0 aliphatic heterocycles. The quantitative estimate of drug-likeness (QED) is 0.740. The van der Waals surface area contributed by atoms with Gasteiger partial charge in [-0.2, -0.15) is 0 Å². The molecule has 0 unspecified atom stereocenters. The van der Waals surface area contributed by atoms with Gasteiger partial charge < -0.3 is 13.9 Å². The Morgan fingerprint density at radius 3 is 2.95 bits per heavy atom. The number of carbonyl (C=O) groups is 1. The maximum Gasteiger partial charge on any atom is 0.254 e. The third-order valence-electron chi connectivity index (χ3n) is 3.59. The van der Waals surface area contributed by atoms with E-state index in [-0.39, 0.29) is 5.91 Å². The molecule has 5 heteroatoms. The molecule has 21 heavy (non-hydrogen) atoms. The number of aryl methyl sites for hydroxylation is 1. The molecule has 0 aliphatic carbocycles. The SMILES string of the molecule is CCN(Cc1ccoc1)C(=O)c1ccc2c(c1)ncn2C. The Balaban J connectivity index is 1.87. The first-order valence-electron chi connectivity index (χ1n) is 6.90. The number of benzene rings is 1. The van der Waals surface area contributed by atoms with Crippen LogP contribution in [0.3, 0.4) is 0 Å². The van der Waals surface area contributed by atoms with Crippen molar-refractivity contribution < 1.29 is 9.21 Å². The summed E-state index contributed by atoms with van der Waals surface area (Å²) in [5.74, 6) is 0.00579. The standard InChI is InChI=1S/C16H17N3O2/c1-3-19(9-12-6-7-21-10-12)16(20)13-4-5-15-14(8-13)17-11-18(15)2/h4-8,10-11H,3,9H2,1-2H3. The first-order valence-corrected chi connectivity index (χ1v) is 6.90. The molecule has 1 aromatic carbocycles. The zero-order chi connectivity index (χ0) is 14.8. The van der Waals surface area contributed by atoms with Gasteiger partial charge in [0, 0.05) is 31.3 Å². The molecule has 0 saturated heterocycles. The second-order valence-electron chi connectivity index (χ2n) is 5.01. The Bertz CT molecular complexity index is 759. The summed E-state index contributed by atoms with van der Waals surface area (Å²) in [6.07, 6.45) is 5.04. The lowest BCUT2D eigenvalue weighted by Gasteiger charge is -2.20. The van der Waals surface area contributed by atoms with Crippen molar-refractivity contribution in [3.63, 3.8) is 0 Å². The zero-order valence-electron chi connectivity index (χ0n) is 12.1. The number of fused-ring (bicyclic) bond motifs is 1. The van der Waals surface area contributed by atoms with Gasteiger partial charge in [0.25, 0.3) is 5.91 Å². The molecule has 0 fully saturated rings. The van der Waals surface area contributed by atoms with E-state index < -0.39 is 0 Å². The molecule has 0 spiro atoms. The van der Waals surface area contributed by atoms with E-state index in [0.29, 0.717) is 18.7 Å². The van der Waals surface area contributed by atoms with Crippen molar-refractivity contribution in [1.29, 1.82) is 0 Å². The van der Waals surface area contributed by atoms with E-state index in [0.717, 1.165) is 16.6 Å². The average Bonchev–Trinajstić information content (AvgIpc) is 3.14. The van der Waals surface area contributed by atoms with Crippen LogP contribution in [-0.4, -0.2) is 26.9 Å². The van der Waals surface area contributed by atoms with Crippen molar-refractivity contribution in [3.05, 3.63) is 54.2 Å². The summed E-state index contributed by atoms with van der Waals surface area (Å²) in [6.45, 7) is 3.16. The number of carbonyl (C=O) groups excluding carboxylic acids is 1. The summed E-state index contributed by atoms with van der Waals surface area (Å²) >= 11 is 0. The lowest BCUT2D eigenvalue weighted by Crippen LogP contribution is -2.30. The molecule has 108 valence electrons. The largest absolute Gasteiger partial charge is 0.472 e. The van der Waals surface area contributed by atoms with Crippen LogP contribution >= 0.6 is 0 Å². The smallest absolute Gasteiger partial charge is 0.254 e. The van der Waals surface area contributed by atoms with Crippen LogP contribution in [0, 0.1) is 0 Å². The van der Waals surface area contributed by atoms with Crippen molar-refractivity contribution in [2.45, 2.75) is 13.5 Å². The number of hydrogen-bond acceptors (Lipinski definition) is 3. The fraction of sp³-hybridized carbons (Fsp3) is 0.250. The van der Waals surface area contributed by atoms with Crippen LogP contribution in [0.5, 0.6) is 0 Å². The number of amides is 1. The van der Waals surface area contributed by atoms with E-state index in [4.69, 9.17) is 4.42 Å². The highest BCUT2D eigenvalue weighted by atomic mass is 16.3. The van der Waals surface area contributed by atoms with E-state index in [1.54, 1.807) is 23.8 Å². The van der Waals surface area contributed by atoms with Crippen LogP contribution in [0.15, 0.2) is 47.5 Å². The minimum atomic E-state index is 0.00579. The van der Waals surface area contributed by atoms with Crippen LogP contribution in [0.25, 0.3) is 11.0 Å². The Hall–Kier alpha value is -2.56. The van der Waals surface area contributed by atoms with Crippen molar-refractivity contribution in [1.82, 2.24) is 14.5 Å². The number of furan rings is 1. The Morgan fingerprint density at radius 2 is 2.24 bits per heavy atom. The van der Waals surface area contributed by atoms with Crippen molar-refractivity contribution in [3.8, 4) is 0 Å². The number of hydrogen-bond donors (Lipinski definition) is 0. The van der Waals surface area contributed by atoms with Gasteiger partial charge in [0.05, 0.1) is 29.9 Å². The summed E-state index contributed by atoms with van der Waals surface area (Å²) < 4.78 is 6.99. The highest BCUT2D eigenvalue weighted by Gasteiger charge is 2.16. The number of aromatic nitrogens is 2. The highest BCUT2D eigenvalue weighted by molar-refractivity contribution is 5.97. The topological polar surface area (TPSA) is 51.3 Å². The van der Waals surface area contributed by atoms with E-state index >= 15 is 0 Å². The highest BCUT2D eigenvalue weighted by Crippen LogP contribution is 2.16. The minimum absolute atomic E-state index is 0.00579. The molecule has 0 bridgehead atoms. The van der Waals surface area contributed by atoms with Crippen LogP contribution in [-0.2, 0) is 13.6 Å². The van der Waals surface area contributed by atoms with Gasteiger partial charge in [-0.25, -0.2) is 4.98 Å². The molecule has 2 heterocycles. The molecule has 1 amide bonds. The Morgan fingerprint density at radius 1 is 1.38 bits per heavy atom. The van der Waals surface area contributed by atoms with Crippen LogP contribution in [0.4, 0.5) is 0 Å². The Kier molecular flexibility index (Phi) is 3.48. The van der Waals surface area contributed by atoms with Crippen LogP contribution in [0.2, 0.25) is 0 Å². The number of imidazole rings is 1. The summed E-state index contributed by atoms with van der Waals surface area (Å²) in [6, 6.07) is 7.50. The van der Waals surface area contributed by atoms with Crippen molar-refractivity contribution in [2.75, 3.05) is 6.54 Å². The third kappa shape index (κ3) is 2.54. The Labute approximate surface area is 122 Å². The molecule has 3 aromatic rings. The molecule has 0 N–H and O–H groups in total. The zero-order valence-corrected chi connectivity index (χ0v) is 12.1. The van der Waals surface area contributed by atoms with Gasteiger partial charge in [-0.1, -0.05) is 0 Å². The van der Waals surface area contributed by atoms with E-state index in [9.17, 15) is 4.79 Å². The summed E-state index contributed by atoms with van der Waals surface area (Å²) in [4.78, 5) is 18.7. The predicted octanol–water partition coefficient (Wildman–Crippen LogP) is 2.83. The molecule has 3 rings (SSSR count). The molecule has 0 saturated carbocycles. The van der Waals surface area contributed by atoms with Crippen molar-refractivity contribution >= 4 is 16.9 Å². The van der Waals surface area contributed by atoms with Gasteiger partial charge in [-0.3, -0.25) is 4.79 Å². The number of rotatable bonds is 4. The summed E-state index contributed by atoms with van der Waals surface area (Å²) in [5.41, 5.74) is 3.50. The third-order valence-corrected chi connectivity index (χ3v) is 3.59. The summed E-state index contributed by atoms with van der Waals surface area (Å²) in [5, 5.41) is 0. The molecular formula is C16H17N3O2. The van der Waals surface area contributed by atoms with Gasteiger partial charge in [-0.15, -0.1) is 0 Å². The maximum atomic E-state index is 12.6. The minimum Gasteiger partial charge on any atom is -0.472 e. The van der Waals surface area contributed by atoms with Gasteiger partial charge in [0.2, 0.25) is 0 Å².